The number of benzene rings is 1. The zero-order valence-electron chi connectivity index (χ0n) is 21.8. The lowest BCUT2D eigenvalue weighted by atomic mass is 10.1. The third kappa shape index (κ3) is 5.28. The second-order valence-corrected chi connectivity index (χ2v) is 12.7. The molecule has 0 fully saturated rings. The lowest BCUT2D eigenvalue weighted by Gasteiger charge is -2.10. The standard InChI is InChI=1S/C30H28N6S2/c1-29(2)17-37-27(35-29)22-12-10-20(15-31-22)24-14-25(34-26(33-24)19-8-6-5-7-9-19)21-11-13-23(32-16-21)28-36-30(3,4)18-38-28/h5-16H,17-18H2,1-4H3. The lowest BCUT2D eigenvalue weighted by molar-refractivity contribution is 0.604. The van der Waals surface area contributed by atoms with Crippen molar-refractivity contribution in [2.75, 3.05) is 11.5 Å². The van der Waals surface area contributed by atoms with Crippen molar-refractivity contribution >= 4 is 33.6 Å². The minimum atomic E-state index is -0.0463. The number of rotatable bonds is 5. The predicted molar refractivity (Wildman–Crippen MR) is 160 cm³/mol. The highest BCUT2D eigenvalue weighted by molar-refractivity contribution is 8.15. The van der Waals surface area contributed by atoms with Crippen molar-refractivity contribution in [3.63, 3.8) is 0 Å². The summed E-state index contributed by atoms with van der Waals surface area (Å²) in [4.78, 5) is 28.9. The Balaban J connectivity index is 1.37. The van der Waals surface area contributed by atoms with Crippen LogP contribution in [-0.4, -0.2) is 52.6 Å². The molecular weight excluding hydrogens is 509 g/mol. The van der Waals surface area contributed by atoms with Gasteiger partial charge in [0.2, 0.25) is 0 Å². The third-order valence-electron chi connectivity index (χ3n) is 6.25. The molecule has 6 rings (SSSR count). The average Bonchev–Trinajstić information content (AvgIpc) is 3.49. The van der Waals surface area contributed by atoms with Gasteiger partial charge >= 0.3 is 0 Å². The van der Waals surface area contributed by atoms with Crippen LogP contribution in [0.25, 0.3) is 33.9 Å². The van der Waals surface area contributed by atoms with Crippen LogP contribution in [0.3, 0.4) is 0 Å². The van der Waals surface area contributed by atoms with Crippen molar-refractivity contribution in [2.45, 2.75) is 38.8 Å². The quantitative estimate of drug-likeness (QED) is 0.279. The maximum Gasteiger partial charge on any atom is 0.160 e. The van der Waals surface area contributed by atoms with Crippen LogP contribution in [0.2, 0.25) is 0 Å². The number of hydrogen-bond donors (Lipinski definition) is 0. The van der Waals surface area contributed by atoms with Crippen LogP contribution in [0.5, 0.6) is 0 Å². The zero-order valence-corrected chi connectivity index (χ0v) is 23.5. The van der Waals surface area contributed by atoms with Crippen LogP contribution in [0.1, 0.15) is 39.1 Å². The van der Waals surface area contributed by atoms with E-state index in [1.807, 2.05) is 60.9 Å². The summed E-state index contributed by atoms with van der Waals surface area (Å²) in [6.07, 6.45) is 3.76. The Kier molecular flexibility index (Phi) is 6.40. The Morgan fingerprint density at radius 3 is 1.47 bits per heavy atom. The molecule has 1 aromatic carbocycles. The van der Waals surface area contributed by atoms with E-state index in [-0.39, 0.29) is 11.1 Å². The molecule has 3 aromatic heterocycles. The average molecular weight is 537 g/mol. The molecule has 0 N–H and O–H groups in total. The van der Waals surface area contributed by atoms with Gasteiger partial charge in [-0.15, -0.1) is 23.5 Å². The smallest absolute Gasteiger partial charge is 0.160 e. The van der Waals surface area contributed by atoms with Gasteiger partial charge in [-0.3, -0.25) is 20.0 Å². The summed E-state index contributed by atoms with van der Waals surface area (Å²) in [5, 5.41) is 1.99. The van der Waals surface area contributed by atoms with Crippen molar-refractivity contribution in [3.8, 4) is 33.9 Å². The topological polar surface area (TPSA) is 76.3 Å². The van der Waals surface area contributed by atoms with E-state index in [0.29, 0.717) is 5.82 Å². The van der Waals surface area contributed by atoms with Gasteiger partial charge in [0.15, 0.2) is 5.82 Å². The molecule has 38 heavy (non-hydrogen) atoms. The summed E-state index contributed by atoms with van der Waals surface area (Å²) >= 11 is 3.52. The number of aromatic nitrogens is 4. The highest BCUT2D eigenvalue weighted by Gasteiger charge is 2.27. The molecule has 0 saturated heterocycles. The second kappa shape index (κ2) is 9.75. The predicted octanol–water partition coefficient (Wildman–Crippen LogP) is 6.81. The fourth-order valence-electron chi connectivity index (χ4n) is 4.23. The van der Waals surface area contributed by atoms with Gasteiger partial charge in [-0.25, -0.2) is 9.97 Å². The van der Waals surface area contributed by atoms with Gasteiger partial charge in [0.1, 0.15) is 10.1 Å². The molecular formula is C30H28N6S2. The second-order valence-electron chi connectivity index (χ2n) is 10.7. The molecule has 0 aliphatic carbocycles. The molecule has 190 valence electrons. The van der Waals surface area contributed by atoms with E-state index < -0.39 is 0 Å². The van der Waals surface area contributed by atoms with Crippen molar-refractivity contribution < 1.29 is 0 Å². The molecule has 0 amide bonds. The SMILES string of the molecule is CC1(C)CSC(c2ccc(-c3cc(-c4ccc(C5=NC(C)(C)CS5)nc4)nc(-c4ccccc4)n3)cn2)=N1. The lowest BCUT2D eigenvalue weighted by Crippen LogP contribution is -2.15. The first-order valence-corrected chi connectivity index (χ1v) is 14.6. The summed E-state index contributed by atoms with van der Waals surface area (Å²) in [7, 11) is 0. The fraction of sp³-hybridized carbons (Fsp3) is 0.267. The van der Waals surface area contributed by atoms with E-state index in [2.05, 4.69) is 39.8 Å². The van der Waals surface area contributed by atoms with Crippen molar-refractivity contribution in [1.82, 2.24) is 19.9 Å². The molecule has 0 atom stereocenters. The zero-order chi connectivity index (χ0) is 26.3. The number of aliphatic imine (C=N–C) groups is 2. The molecule has 5 heterocycles. The van der Waals surface area contributed by atoms with Crippen LogP contribution < -0.4 is 0 Å². The monoisotopic (exact) mass is 536 g/mol. The Morgan fingerprint density at radius 2 is 1.08 bits per heavy atom. The third-order valence-corrected chi connectivity index (χ3v) is 9.10. The maximum atomic E-state index is 4.92. The first-order chi connectivity index (χ1) is 18.2. The van der Waals surface area contributed by atoms with Gasteiger partial charge in [0.25, 0.3) is 0 Å². The fourth-order valence-corrected chi connectivity index (χ4v) is 6.50. The first-order valence-electron chi connectivity index (χ1n) is 12.6. The van der Waals surface area contributed by atoms with Crippen LogP contribution in [-0.2, 0) is 0 Å². The molecule has 0 saturated carbocycles. The van der Waals surface area contributed by atoms with Gasteiger partial charge in [0, 0.05) is 40.6 Å². The molecule has 0 unspecified atom stereocenters. The molecule has 0 bridgehead atoms. The minimum absolute atomic E-state index is 0.0463. The molecule has 4 aromatic rings. The molecule has 2 aliphatic rings. The number of hydrogen-bond acceptors (Lipinski definition) is 8. The van der Waals surface area contributed by atoms with Gasteiger partial charge < -0.3 is 0 Å². The minimum Gasteiger partial charge on any atom is -0.269 e. The Hall–Kier alpha value is -3.36. The van der Waals surface area contributed by atoms with Crippen LogP contribution >= 0.6 is 23.5 Å². The van der Waals surface area contributed by atoms with Gasteiger partial charge in [-0.2, -0.15) is 0 Å². The largest absolute Gasteiger partial charge is 0.269 e. The normalized spacial score (nSPS) is 17.8. The van der Waals surface area contributed by atoms with Crippen LogP contribution in [0, 0.1) is 0 Å². The summed E-state index contributed by atoms with van der Waals surface area (Å²) < 4.78 is 0. The van der Waals surface area contributed by atoms with Crippen molar-refractivity contribution in [2.24, 2.45) is 9.98 Å². The Labute approximate surface area is 231 Å². The first kappa shape index (κ1) is 24.9. The number of nitrogens with zero attached hydrogens (tertiary/aromatic N) is 6. The van der Waals surface area contributed by atoms with Crippen molar-refractivity contribution in [1.29, 1.82) is 0 Å². The van der Waals surface area contributed by atoms with E-state index >= 15 is 0 Å². The van der Waals surface area contributed by atoms with Gasteiger partial charge in [-0.1, -0.05) is 30.3 Å². The summed E-state index contributed by atoms with van der Waals surface area (Å²) in [5.74, 6) is 2.61. The highest BCUT2D eigenvalue weighted by atomic mass is 32.2. The maximum absolute atomic E-state index is 4.92. The molecule has 0 radical (unpaired) electrons. The molecule has 2 aliphatic heterocycles. The Morgan fingerprint density at radius 1 is 0.579 bits per heavy atom. The van der Waals surface area contributed by atoms with E-state index in [9.17, 15) is 0 Å². The summed E-state index contributed by atoms with van der Waals surface area (Å²) in [6.45, 7) is 8.60. The van der Waals surface area contributed by atoms with E-state index in [1.165, 1.54) is 0 Å². The van der Waals surface area contributed by atoms with Gasteiger partial charge in [-0.05, 0) is 58.0 Å². The van der Waals surface area contributed by atoms with Crippen LogP contribution in [0.4, 0.5) is 0 Å². The summed E-state index contributed by atoms with van der Waals surface area (Å²) in [6, 6.07) is 20.3. The van der Waals surface area contributed by atoms with E-state index in [1.54, 1.807) is 23.5 Å². The molecule has 8 heteroatoms. The molecule has 6 nitrogen and oxygen atoms in total. The number of thioether (sulfide) groups is 2. The van der Waals surface area contributed by atoms with Crippen LogP contribution in [0.15, 0.2) is 83.0 Å². The van der Waals surface area contributed by atoms with Gasteiger partial charge in [0.05, 0.1) is 33.9 Å². The summed E-state index contributed by atoms with van der Waals surface area (Å²) in [5.41, 5.74) is 6.16. The Bertz CT molecular complexity index is 1450. The van der Waals surface area contributed by atoms with Crippen molar-refractivity contribution in [3.05, 3.63) is 84.4 Å². The number of pyridine rings is 2. The van der Waals surface area contributed by atoms with E-state index in [0.717, 1.165) is 61.1 Å². The highest BCUT2D eigenvalue weighted by Crippen LogP contribution is 2.32. The van der Waals surface area contributed by atoms with E-state index in [4.69, 9.17) is 29.9 Å². The molecule has 0 spiro atoms.